The van der Waals surface area contributed by atoms with E-state index in [4.69, 9.17) is 3.40 Å². The number of rotatable bonds is 0. The van der Waals surface area contributed by atoms with Crippen LogP contribution < -0.4 is 29.6 Å². The van der Waals surface area contributed by atoms with Gasteiger partial charge < -0.3 is 1.43 Å². The second-order valence-corrected chi connectivity index (χ2v) is 0. The standard InChI is InChI=1S/Mo.Na.O.V.H/q;+1;;;-1. The molecule has 1 nitrogen and oxygen atoms in total. The van der Waals surface area contributed by atoms with E-state index in [0.717, 1.165) is 0 Å². The van der Waals surface area contributed by atoms with Crippen LogP contribution in [-0.2, 0) is 41.7 Å². The molecule has 0 aliphatic carbocycles. The summed E-state index contributed by atoms with van der Waals surface area (Å²) in [5.74, 6) is 0. The molecule has 0 aromatic heterocycles. The van der Waals surface area contributed by atoms with E-state index in [1.54, 1.807) is 0 Å². The first-order valence-electron chi connectivity index (χ1n) is 0.167. The number of hydrogen-bond donors (Lipinski definition) is 0. The minimum atomic E-state index is 0. The summed E-state index contributed by atoms with van der Waals surface area (Å²) in [5.41, 5.74) is 0. The average molecular weight is 187 g/mol. The molecule has 19 valence electrons. The molecule has 0 bridgehead atoms. The van der Waals surface area contributed by atoms with Crippen LogP contribution >= 0.6 is 0 Å². The van der Waals surface area contributed by atoms with E-state index in [1.165, 1.54) is 0 Å². The van der Waals surface area contributed by atoms with Crippen molar-refractivity contribution in [2.75, 3.05) is 0 Å². The van der Waals surface area contributed by atoms with Gasteiger partial charge in [0.25, 0.3) is 0 Å². The third-order valence-electron chi connectivity index (χ3n) is 0. The summed E-state index contributed by atoms with van der Waals surface area (Å²) in [4.78, 5) is 0. The third kappa shape index (κ3) is 8.95. The fraction of sp³-hybridized carbons (Fsp3) is 0. The second-order valence-electron chi connectivity index (χ2n) is 0. The van der Waals surface area contributed by atoms with Crippen molar-refractivity contribution in [3.8, 4) is 0 Å². The van der Waals surface area contributed by atoms with Crippen LogP contribution in [0, 0.1) is 0 Å². The topological polar surface area (TPSA) is 17.1 Å². The molecule has 0 heterocycles. The monoisotopic (exact) mass is 189 g/mol. The molecule has 0 N–H and O–H groups in total. The van der Waals surface area contributed by atoms with Gasteiger partial charge in [0.1, 0.15) is 0 Å². The van der Waals surface area contributed by atoms with E-state index in [-0.39, 0.29) is 49.5 Å². The minimum Gasteiger partial charge on any atom is 0 e. The first-order chi connectivity index (χ1) is 1.00. The van der Waals surface area contributed by atoms with E-state index in [2.05, 4.69) is 0 Å². The average Bonchev–Trinajstić information content (AvgIpc) is 1.00. The summed E-state index contributed by atoms with van der Waals surface area (Å²) in [6.45, 7) is 0. The molecule has 0 unspecified atom stereocenters. The zero-order valence-corrected chi connectivity index (χ0v) is 7.67. The molecule has 1 radical (unpaired) electrons. The molecule has 0 fully saturated rings. The summed E-state index contributed by atoms with van der Waals surface area (Å²) in [6, 6.07) is 0. The van der Waals surface area contributed by atoms with Crippen LogP contribution in [0.5, 0.6) is 0 Å². The normalized spacial score (nSPS) is 1.00. The first kappa shape index (κ1) is 16.6. The predicted octanol–water partition coefficient (Wildman–Crippen LogP) is -3.01. The van der Waals surface area contributed by atoms with Crippen LogP contribution in [0.3, 0.4) is 0 Å². The van der Waals surface area contributed by atoms with Gasteiger partial charge >= 0.3 is 52.7 Å². The minimum absolute atomic E-state index is 0. The van der Waals surface area contributed by atoms with Crippen LogP contribution in [0.2, 0.25) is 0 Å². The van der Waals surface area contributed by atoms with E-state index in [9.17, 15) is 0 Å². The zero-order valence-electron chi connectivity index (χ0n) is 3.26. The summed E-state index contributed by atoms with van der Waals surface area (Å²) in [7, 11) is 0. The van der Waals surface area contributed by atoms with Crippen LogP contribution in [0.4, 0.5) is 0 Å². The van der Waals surface area contributed by atoms with E-state index in [1.807, 2.05) is 0 Å². The Morgan fingerprint density at radius 1 is 1.50 bits per heavy atom. The zero-order chi connectivity index (χ0) is 2.00. The predicted molar refractivity (Wildman–Crippen MR) is 1.80 cm³/mol. The van der Waals surface area contributed by atoms with Gasteiger partial charge in [-0.15, -0.1) is 0 Å². The molecule has 0 aliphatic heterocycles. The smallest absolute Gasteiger partial charge is 0 e. The van der Waals surface area contributed by atoms with Crippen molar-refractivity contribution < 1.29 is 72.7 Å². The SMILES string of the molecule is [H-].[Na+].[O]=[Mo].[V]. The van der Waals surface area contributed by atoms with Gasteiger partial charge in [-0.05, 0) is 0 Å². The third-order valence-corrected chi connectivity index (χ3v) is 0. The van der Waals surface area contributed by atoms with Gasteiger partial charge in [0.05, 0.1) is 0 Å². The molecule has 0 spiro atoms. The maximum atomic E-state index is 8.26. The van der Waals surface area contributed by atoms with Gasteiger partial charge in [-0.3, -0.25) is 0 Å². The summed E-state index contributed by atoms with van der Waals surface area (Å²) >= 11 is 0.700. The van der Waals surface area contributed by atoms with Crippen molar-refractivity contribution in [2.45, 2.75) is 0 Å². The van der Waals surface area contributed by atoms with Crippen LogP contribution in [-0.4, -0.2) is 0 Å². The molecule has 4 heteroatoms. The van der Waals surface area contributed by atoms with Crippen molar-refractivity contribution in [1.29, 1.82) is 0 Å². The molecule has 0 aromatic rings. The van der Waals surface area contributed by atoms with Crippen molar-refractivity contribution in [1.82, 2.24) is 0 Å². The Bertz CT molecular complexity index is 11.6. The first-order valence-corrected chi connectivity index (χ1v) is 0.986. The molecule has 0 amide bonds. The quantitative estimate of drug-likeness (QED) is 0.369. The Hall–Kier alpha value is 2.07. The van der Waals surface area contributed by atoms with Gasteiger partial charge in [-0.25, -0.2) is 0 Å². The Morgan fingerprint density at radius 3 is 1.50 bits per heavy atom. The molecule has 0 atom stereocenters. The summed E-state index contributed by atoms with van der Waals surface area (Å²) < 4.78 is 8.26. The fourth-order valence-corrected chi connectivity index (χ4v) is 0. The maximum Gasteiger partial charge on any atom is 0 e. The van der Waals surface area contributed by atoms with Gasteiger partial charge in [0.15, 0.2) is 0 Å². The van der Waals surface area contributed by atoms with E-state index >= 15 is 0 Å². The van der Waals surface area contributed by atoms with Crippen LogP contribution in [0.1, 0.15) is 1.43 Å². The van der Waals surface area contributed by atoms with Crippen LogP contribution in [0.25, 0.3) is 0 Å². The largest absolute Gasteiger partial charge is 0 e. The molecule has 4 heavy (non-hydrogen) atoms. The van der Waals surface area contributed by atoms with Crippen LogP contribution in [0.15, 0.2) is 0 Å². The van der Waals surface area contributed by atoms with E-state index in [0.29, 0.717) is 19.8 Å². The van der Waals surface area contributed by atoms with Gasteiger partial charge in [-0.1, -0.05) is 0 Å². The Balaban J connectivity index is -0.00000000167. The van der Waals surface area contributed by atoms with E-state index < -0.39 is 0 Å². The molecule has 0 aromatic carbocycles. The molecule has 0 aliphatic rings. The van der Waals surface area contributed by atoms with Gasteiger partial charge in [-0.2, -0.15) is 0 Å². The molecular weight excluding hydrogens is 186 g/mol. The molecule has 0 rings (SSSR count). The van der Waals surface area contributed by atoms with Crippen molar-refractivity contribution in [3.05, 3.63) is 0 Å². The fourth-order valence-electron chi connectivity index (χ4n) is 0. The molecule has 0 saturated carbocycles. The van der Waals surface area contributed by atoms with Gasteiger partial charge in [0, 0.05) is 18.6 Å². The second kappa shape index (κ2) is 19.6. The summed E-state index contributed by atoms with van der Waals surface area (Å²) in [6.07, 6.45) is 0. The van der Waals surface area contributed by atoms with Crippen molar-refractivity contribution in [3.63, 3.8) is 0 Å². The molecule has 0 saturated heterocycles. The maximum absolute atomic E-state index is 8.26. The Kier molecular flexibility index (Phi) is 81.0. The van der Waals surface area contributed by atoms with Crippen molar-refractivity contribution >= 4 is 0 Å². The van der Waals surface area contributed by atoms with Gasteiger partial charge in [0.2, 0.25) is 0 Å². The molecular formula is HMoNaOV. The Morgan fingerprint density at radius 2 is 1.50 bits per heavy atom. The number of hydrogen-bond acceptors (Lipinski definition) is 1. The Labute approximate surface area is 71.8 Å². The van der Waals surface area contributed by atoms with Crippen molar-refractivity contribution in [2.24, 2.45) is 0 Å². The summed E-state index contributed by atoms with van der Waals surface area (Å²) in [5, 5.41) is 0.